The zero-order valence-corrected chi connectivity index (χ0v) is 14.1. The first-order chi connectivity index (χ1) is 11.0. The van der Waals surface area contributed by atoms with Crippen molar-refractivity contribution in [3.05, 3.63) is 40.6 Å². The molecule has 1 aliphatic heterocycles. The second-order valence-corrected chi connectivity index (χ2v) is 5.98. The molecule has 1 saturated heterocycles. The van der Waals surface area contributed by atoms with E-state index in [0.717, 1.165) is 0 Å². The number of halogens is 2. The van der Waals surface area contributed by atoms with Gasteiger partial charge in [0.2, 0.25) is 0 Å². The number of aromatic nitrogens is 2. The molecule has 1 aromatic carbocycles. The van der Waals surface area contributed by atoms with Crippen LogP contribution in [0.5, 0.6) is 11.8 Å². The van der Waals surface area contributed by atoms with Crippen molar-refractivity contribution in [2.75, 3.05) is 4.90 Å². The molecule has 9 heteroatoms. The molecule has 1 fully saturated rings. The van der Waals surface area contributed by atoms with Crippen LogP contribution in [0.4, 0.5) is 5.69 Å². The lowest BCUT2D eigenvalue weighted by Gasteiger charge is -2.16. The van der Waals surface area contributed by atoms with E-state index in [0.29, 0.717) is 26.6 Å². The molecule has 23 heavy (non-hydrogen) atoms. The monoisotopic (exact) mass is 368 g/mol. The SMILES string of the molecule is CC1NC(=S)N(c2ccc(Oc3ncc(Cl)cn3)c(Cl)c2)C1=O. The molecule has 6 nitrogen and oxygen atoms in total. The normalized spacial score (nSPS) is 17.3. The van der Waals surface area contributed by atoms with Crippen LogP contribution in [0, 0.1) is 0 Å². The van der Waals surface area contributed by atoms with Crippen LogP contribution in [0.15, 0.2) is 30.6 Å². The minimum Gasteiger partial charge on any atom is -0.423 e. The van der Waals surface area contributed by atoms with Gasteiger partial charge in [0.05, 0.1) is 28.1 Å². The minimum atomic E-state index is -0.361. The Labute approximate surface area is 147 Å². The van der Waals surface area contributed by atoms with Gasteiger partial charge >= 0.3 is 6.01 Å². The van der Waals surface area contributed by atoms with Gasteiger partial charge in [-0.2, -0.15) is 0 Å². The Morgan fingerprint density at radius 3 is 2.57 bits per heavy atom. The van der Waals surface area contributed by atoms with Gasteiger partial charge in [0.15, 0.2) is 5.11 Å². The number of thiocarbonyl (C=S) groups is 1. The van der Waals surface area contributed by atoms with Gasteiger partial charge < -0.3 is 10.1 Å². The van der Waals surface area contributed by atoms with E-state index in [-0.39, 0.29) is 18.0 Å². The summed E-state index contributed by atoms with van der Waals surface area (Å²) in [7, 11) is 0. The second-order valence-electron chi connectivity index (χ2n) is 4.75. The highest BCUT2D eigenvalue weighted by molar-refractivity contribution is 7.80. The van der Waals surface area contributed by atoms with E-state index in [2.05, 4.69) is 15.3 Å². The topological polar surface area (TPSA) is 67.3 Å². The van der Waals surface area contributed by atoms with Crippen molar-refractivity contribution in [2.24, 2.45) is 0 Å². The van der Waals surface area contributed by atoms with Crippen molar-refractivity contribution >= 4 is 52.1 Å². The molecule has 2 heterocycles. The maximum absolute atomic E-state index is 12.1. The summed E-state index contributed by atoms with van der Waals surface area (Å²) in [5.74, 6) is 0.220. The van der Waals surface area contributed by atoms with Gasteiger partial charge in [0.1, 0.15) is 11.8 Å². The zero-order valence-electron chi connectivity index (χ0n) is 11.8. The molecule has 118 valence electrons. The fourth-order valence-electron chi connectivity index (χ4n) is 2.01. The predicted molar refractivity (Wildman–Crippen MR) is 91.2 cm³/mol. The molecule has 1 N–H and O–H groups in total. The average Bonchev–Trinajstić information content (AvgIpc) is 2.76. The molecule has 0 spiro atoms. The van der Waals surface area contributed by atoms with E-state index >= 15 is 0 Å². The van der Waals surface area contributed by atoms with Gasteiger partial charge in [-0.15, -0.1) is 0 Å². The van der Waals surface area contributed by atoms with Crippen molar-refractivity contribution in [2.45, 2.75) is 13.0 Å². The van der Waals surface area contributed by atoms with E-state index in [1.807, 2.05) is 0 Å². The smallest absolute Gasteiger partial charge is 0.322 e. The number of amides is 1. The summed E-state index contributed by atoms with van der Waals surface area (Å²) in [6.45, 7) is 1.74. The van der Waals surface area contributed by atoms with Crippen LogP contribution in [-0.4, -0.2) is 27.0 Å². The quantitative estimate of drug-likeness (QED) is 0.839. The summed E-state index contributed by atoms with van der Waals surface area (Å²) in [6.07, 6.45) is 2.83. The highest BCUT2D eigenvalue weighted by Crippen LogP contribution is 2.32. The Morgan fingerprint density at radius 1 is 1.30 bits per heavy atom. The number of carbonyl (C=O) groups is 1. The van der Waals surface area contributed by atoms with Crippen LogP contribution in [0.3, 0.4) is 0 Å². The van der Waals surface area contributed by atoms with Crippen LogP contribution in [-0.2, 0) is 4.79 Å². The molecule has 0 radical (unpaired) electrons. The summed E-state index contributed by atoms with van der Waals surface area (Å²) in [5.41, 5.74) is 0.561. The maximum Gasteiger partial charge on any atom is 0.322 e. The van der Waals surface area contributed by atoms with Gasteiger partial charge in [0.25, 0.3) is 5.91 Å². The van der Waals surface area contributed by atoms with E-state index in [1.165, 1.54) is 17.3 Å². The third kappa shape index (κ3) is 3.21. The first-order valence-corrected chi connectivity index (χ1v) is 7.71. The Bertz CT molecular complexity index is 785. The highest BCUT2D eigenvalue weighted by atomic mass is 35.5. The molecule has 1 aromatic heterocycles. The molecule has 0 aliphatic carbocycles. The molecular formula is C14H10Cl2N4O2S. The van der Waals surface area contributed by atoms with Crippen LogP contribution >= 0.6 is 35.4 Å². The largest absolute Gasteiger partial charge is 0.423 e. The number of anilines is 1. The summed E-state index contributed by atoms with van der Waals surface area (Å²) in [5, 5.41) is 3.94. The molecule has 1 atom stereocenters. The van der Waals surface area contributed by atoms with Crippen molar-refractivity contribution in [1.29, 1.82) is 0 Å². The molecule has 3 rings (SSSR count). The lowest BCUT2D eigenvalue weighted by atomic mass is 10.2. The average molecular weight is 369 g/mol. The molecule has 1 amide bonds. The Hall–Kier alpha value is -1.96. The Balaban J connectivity index is 1.85. The lowest BCUT2D eigenvalue weighted by molar-refractivity contribution is -0.117. The molecule has 1 aliphatic rings. The van der Waals surface area contributed by atoms with Gasteiger partial charge in [-0.25, -0.2) is 9.97 Å². The van der Waals surface area contributed by atoms with Crippen molar-refractivity contribution in [3.8, 4) is 11.8 Å². The number of hydrogen-bond acceptors (Lipinski definition) is 5. The van der Waals surface area contributed by atoms with Crippen molar-refractivity contribution in [3.63, 3.8) is 0 Å². The first kappa shape index (κ1) is 15.9. The van der Waals surface area contributed by atoms with E-state index in [4.69, 9.17) is 40.2 Å². The fraction of sp³-hybridized carbons (Fsp3) is 0.143. The third-order valence-electron chi connectivity index (χ3n) is 3.11. The van der Waals surface area contributed by atoms with E-state index < -0.39 is 0 Å². The van der Waals surface area contributed by atoms with Gasteiger partial charge in [-0.1, -0.05) is 23.2 Å². The van der Waals surface area contributed by atoms with E-state index in [1.54, 1.807) is 25.1 Å². The van der Waals surface area contributed by atoms with Gasteiger partial charge in [0, 0.05) is 0 Å². The molecule has 0 bridgehead atoms. The van der Waals surface area contributed by atoms with Gasteiger partial charge in [-0.05, 0) is 37.3 Å². The molecule has 0 saturated carbocycles. The number of carbonyl (C=O) groups excluding carboxylic acids is 1. The molecule has 2 aromatic rings. The van der Waals surface area contributed by atoms with Crippen LogP contribution in [0.1, 0.15) is 6.92 Å². The Kier molecular flexibility index (Phi) is 4.34. The Morgan fingerprint density at radius 2 is 2.00 bits per heavy atom. The van der Waals surface area contributed by atoms with Crippen molar-refractivity contribution < 1.29 is 9.53 Å². The first-order valence-electron chi connectivity index (χ1n) is 6.55. The van der Waals surface area contributed by atoms with E-state index in [9.17, 15) is 4.79 Å². The van der Waals surface area contributed by atoms with Crippen LogP contribution < -0.4 is 15.0 Å². The number of ether oxygens (including phenoxy) is 1. The zero-order chi connectivity index (χ0) is 16.6. The van der Waals surface area contributed by atoms with Crippen LogP contribution in [0.2, 0.25) is 10.0 Å². The van der Waals surface area contributed by atoms with Crippen LogP contribution in [0.25, 0.3) is 0 Å². The summed E-state index contributed by atoms with van der Waals surface area (Å²) < 4.78 is 5.49. The second kappa shape index (κ2) is 6.27. The van der Waals surface area contributed by atoms with Gasteiger partial charge in [-0.3, -0.25) is 9.69 Å². The molecule has 1 unspecified atom stereocenters. The summed E-state index contributed by atoms with van der Waals surface area (Å²) in [6, 6.07) is 4.65. The third-order valence-corrected chi connectivity index (χ3v) is 3.90. The van der Waals surface area contributed by atoms with Crippen molar-refractivity contribution in [1.82, 2.24) is 15.3 Å². The summed E-state index contributed by atoms with van der Waals surface area (Å²) >= 11 is 17.1. The number of benzene rings is 1. The fourth-order valence-corrected chi connectivity index (χ4v) is 2.70. The number of rotatable bonds is 3. The summed E-state index contributed by atoms with van der Waals surface area (Å²) in [4.78, 5) is 21.4. The number of nitrogens with zero attached hydrogens (tertiary/aromatic N) is 3. The number of hydrogen-bond donors (Lipinski definition) is 1. The maximum atomic E-state index is 12.1. The highest BCUT2D eigenvalue weighted by Gasteiger charge is 2.33. The minimum absolute atomic E-state index is 0.118. The lowest BCUT2D eigenvalue weighted by Crippen LogP contribution is -2.30. The standard InChI is InChI=1S/C14H10Cl2N4O2S/c1-7-12(21)20(14(23)19-7)9-2-3-11(10(16)4-9)22-13-17-5-8(15)6-18-13/h2-7H,1H3,(H,19,23). The number of nitrogens with one attached hydrogen (secondary N) is 1. The predicted octanol–water partition coefficient (Wildman–Crippen LogP) is 3.19. The molecular weight excluding hydrogens is 359 g/mol.